The zero-order valence-electron chi connectivity index (χ0n) is 17.7. The topological polar surface area (TPSA) is 77.3 Å². The fourth-order valence-electron chi connectivity index (χ4n) is 0.696. The fraction of sp³-hybridized carbons (Fsp3) is 0.500. The van der Waals surface area contributed by atoms with Crippen molar-refractivity contribution in [3.8, 4) is 0 Å². The molecule has 0 fully saturated rings. The maximum absolute atomic E-state index is 3.92. The van der Waals surface area contributed by atoms with E-state index in [0.29, 0.717) is 5.82 Å². The fourth-order valence-corrected chi connectivity index (χ4v) is 0.696. The number of hydrogen-bond acceptors (Lipinski definition) is 6. The number of rotatable bonds is 0. The Balaban J connectivity index is -0.0000000536. The second kappa shape index (κ2) is 38.0. The molecule has 6 nitrogen and oxygen atoms in total. The maximum atomic E-state index is 3.92. The van der Waals surface area contributed by atoms with E-state index in [1.807, 2.05) is 34.6 Å². The molecule has 27 heavy (non-hydrogen) atoms. The summed E-state index contributed by atoms with van der Waals surface area (Å²) in [5.74, 6) is 2.09. The molecular weight excluding hydrogens is 567 g/mol. The molecule has 0 unspecified atom stereocenters. The number of aryl methyl sites for hydroxylation is 3. The second-order valence-electron chi connectivity index (χ2n) is 4.11. The maximum Gasteiger partial charge on any atom is 0.0247 e. The third-order valence-corrected chi connectivity index (χ3v) is 1.27. The monoisotopic (exact) mass is 597 g/mol. The Labute approximate surface area is 242 Å². The predicted molar refractivity (Wildman–Crippen MR) is 97.3 cm³/mol. The van der Waals surface area contributed by atoms with Gasteiger partial charge in [-0.1, -0.05) is 41.5 Å². The smallest absolute Gasteiger partial charge is 0.0247 e. The summed E-state index contributed by atoms with van der Waals surface area (Å²) in [5, 5.41) is 0. The third kappa shape index (κ3) is 46.9. The molecule has 0 saturated heterocycles. The van der Waals surface area contributed by atoms with Gasteiger partial charge in [0.1, 0.15) is 0 Å². The molecule has 0 aliphatic rings. The van der Waals surface area contributed by atoms with Crippen LogP contribution >= 0.6 is 0 Å². The van der Waals surface area contributed by atoms with E-state index in [0.717, 1.165) is 30.9 Å². The summed E-state index contributed by atoms with van der Waals surface area (Å²) < 4.78 is 0. The molecule has 0 N–H and O–H groups in total. The second-order valence-corrected chi connectivity index (χ2v) is 4.11. The molecule has 0 spiro atoms. The Morgan fingerprint density at radius 2 is 0.852 bits per heavy atom. The van der Waals surface area contributed by atoms with E-state index >= 15 is 0 Å². The molecule has 9 heteroatoms. The van der Waals surface area contributed by atoms with Crippen molar-refractivity contribution in [3.05, 3.63) is 57.2 Å². The Bertz CT molecular complexity index is 440. The first-order valence-corrected chi connectivity index (χ1v) is 7.80. The van der Waals surface area contributed by atoms with Crippen LogP contribution in [0.3, 0.4) is 0 Å². The van der Waals surface area contributed by atoms with Crippen molar-refractivity contribution in [1.29, 1.82) is 0 Å². The first-order chi connectivity index (χ1) is 11.4. The molecule has 2 rings (SSSR count). The summed E-state index contributed by atoms with van der Waals surface area (Å²) in [6.07, 6.45) is 10.2. The summed E-state index contributed by atoms with van der Waals surface area (Å²) in [5.41, 5.74) is 0. The van der Waals surface area contributed by atoms with Crippen LogP contribution < -0.4 is 0 Å². The van der Waals surface area contributed by atoms with Crippen LogP contribution in [-0.4, -0.2) is 29.9 Å². The molecule has 147 valence electrons. The van der Waals surface area contributed by atoms with Crippen LogP contribution in [0, 0.1) is 60.5 Å². The summed E-state index contributed by atoms with van der Waals surface area (Å²) >= 11 is 0. The van der Waals surface area contributed by atoms with Crippen molar-refractivity contribution >= 4 is 0 Å². The summed E-state index contributed by atoms with van der Waals surface area (Å²) in [7, 11) is 0. The standard InChI is InChI=1S/C5H6N3.C4H3N3.3C3H7.3Y/c1-4-6-3-7-5(2)8-4;1-4-6-2-5-3-7-4;3*1-3-2;;;/h1-2H3;1H3;3*1,3H2,2H3;;;/q-1;-2;3*-1;;;. The predicted octanol–water partition coefficient (Wildman–Crippen LogP) is 3.75. The molecule has 0 aromatic carbocycles. The van der Waals surface area contributed by atoms with Gasteiger partial charge >= 0.3 is 0 Å². The van der Waals surface area contributed by atoms with Crippen LogP contribution in [0.1, 0.15) is 57.5 Å². The Hall–Kier alpha value is 1.33. The van der Waals surface area contributed by atoms with E-state index in [4.69, 9.17) is 0 Å². The van der Waals surface area contributed by atoms with Crippen LogP contribution in [0.4, 0.5) is 0 Å². The average molecular weight is 597 g/mol. The normalized spacial score (nSPS) is 7.00. The van der Waals surface area contributed by atoms with E-state index in [-0.39, 0.29) is 98.1 Å². The van der Waals surface area contributed by atoms with Gasteiger partial charge in [-0.15, -0.1) is 5.82 Å². The first-order valence-electron chi connectivity index (χ1n) is 7.80. The number of hydrogen-bond donors (Lipinski definition) is 0. The van der Waals surface area contributed by atoms with Gasteiger partial charge < -0.3 is 50.7 Å². The minimum atomic E-state index is 0. The largest absolute Gasteiger partial charge is 0.505 e. The zero-order valence-corrected chi connectivity index (χ0v) is 26.2. The Morgan fingerprint density at radius 1 is 0.593 bits per heavy atom. The van der Waals surface area contributed by atoms with Crippen molar-refractivity contribution in [2.75, 3.05) is 0 Å². The minimum absolute atomic E-state index is 0. The third-order valence-electron chi connectivity index (χ3n) is 1.27. The van der Waals surface area contributed by atoms with Gasteiger partial charge in [-0.25, -0.2) is 0 Å². The van der Waals surface area contributed by atoms with E-state index < -0.39 is 0 Å². The molecule has 0 aliphatic carbocycles. The summed E-state index contributed by atoms with van der Waals surface area (Å²) in [6.45, 7) is 21.9. The molecule has 0 amide bonds. The van der Waals surface area contributed by atoms with Crippen molar-refractivity contribution in [2.24, 2.45) is 0 Å². The van der Waals surface area contributed by atoms with Crippen LogP contribution in [-0.2, 0) is 98.1 Å². The van der Waals surface area contributed by atoms with Crippen molar-refractivity contribution in [1.82, 2.24) is 29.9 Å². The molecule has 0 atom stereocenters. The molecule has 2 heterocycles. The van der Waals surface area contributed by atoms with Gasteiger partial charge in [0.15, 0.2) is 0 Å². The molecular formula is C18H30N6Y3-6. The quantitative estimate of drug-likeness (QED) is 0.431. The van der Waals surface area contributed by atoms with E-state index in [9.17, 15) is 0 Å². The van der Waals surface area contributed by atoms with E-state index in [2.05, 4.69) is 69.7 Å². The molecule has 3 radical (unpaired) electrons. The summed E-state index contributed by atoms with van der Waals surface area (Å²) in [6, 6.07) is 0. The van der Waals surface area contributed by atoms with Gasteiger partial charge in [-0.2, -0.15) is 31.9 Å². The van der Waals surface area contributed by atoms with Crippen molar-refractivity contribution < 1.29 is 98.1 Å². The van der Waals surface area contributed by atoms with Crippen molar-refractivity contribution in [3.63, 3.8) is 0 Å². The van der Waals surface area contributed by atoms with Gasteiger partial charge in [0.2, 0.25) is 0 Å². The van der Waals surface area contributed by atoms with Gasteiger partial charge in [0.25, 0.3) is 0 Å². The van der Waals surface area contributed by atoms with E-state index in [1.165, 1.54) is 0 Å². The van der Waals surface area contributed by atoms with Gasteiger partial charge in [-0.3, -0.25) is 0 Å². The van der Waals surface area contributed by atoms with Gasteiger partial charge in [0, 0.05) is 116 Å². The SMILES string of the molecule is Cc1n[c-]n[c-]n1.Cc1n[c-]nc(C)n1.[CH2-]CC.[CH2-]CC.[CH2-]CC.[Y].[Y].[Y]. The molecule has 2 aromatic heterocycles. The summed E-state index contributed by atoms with van der Waals surface area (Å²) in [4.78, 5) is 21.9. The minimum Gasteiger partial charge on any atom is -0.505 e. The van der Waals surface area contributed by atoms with Crippen LogP contribution in [0.5, 0.6) is 0 Å². The van der Waals surface area contributed by atoms with Crippen LogP contribution in [0.15, 0.2) is 0 Å². The number of aromatic nitrogens is 6. The Kier molecular flexibility index (Phi) is 59.7. The number of nitrogens with zero attached hydrogens (tertiary/aromatic N) is 6. The Morgan fingerprint density at radius 3 is 1.00 bits per heavy atom. The van der Waals surface area contributed by atoms with Crippen molar-refractivity contribution in [2.45, 2.75) is 60.8 Å². The molecule has 0 aliphatic heterocycles. The molecule has 2 aromatic rings. The van der Waals surface area contributed by atoms with Crippen LogP contribution in [0.2, 0.25) is 0 Å². The average Bonchev–Trinajstić information content (AvgIpc) is 2.51. The van der Waals surface area contributed by atoms with E-state index in [1.54, 1.807) is 6.92 Å². The van der Waals surface area contributed by atoms with Gasteiger partial charge in [0.05, 0.1) is 0 Å². The first kappa shape index (κ1) is 42.4. The zero-order chi connectivity index (χ0) is 19.2. The van der Waals surface area contributed by atoms with Gasteiger partial charge in [-0.05, 0) is 0 Å². The molecule has 0 saturated carbocycles. The van der Waals surface area contributed by atoms with Crippen LogP contribution in [0.25, 0.3) is 0 Å². The molecule has 0 bridgehead atoms.